The molecule has 1 aliphatic heterocycles. The van der Waals surface area contributed by atoms with E-state index in [1.54, 1.807) is 0 Å². The molecule has 100 valence electrons. The Morgan fingerprint density at radius 3 is 3.11 bits per heavy atom. The fourth-order valence-corrected chi connectivity index (χ4v) is 2.95. The zero-order valence-corrected chi connectivity index (χ0v) is 12.2. The average molecular weight is 315 g/mol. The smallest absolute Gasteiger partial charge is 0.276 e. The lowest BCUT2D eigenvalue weighted by atomic mass is 10.0. The van der Waals surface area contributed by atoms with Gasteiger partial charge in [0.25, 0.3) is 5.91 Å². The Kier molecular flexibility index (Phi) is 4.74. The van der Waals surface area contributed by atoms with Crippen LogP contribution in [0.15, 0.2) is 6.20 Å². The van der Waals surface area contributed by atoms with Crippen LogP contribution < -0.4 is 0 Å². The van der Waals surface area contributed by atoms with Crippen LogP contribution in [0.2, 0.25) is 0 Å². The van der Waals surface area contributed by atoms with Crippen molar-refractivity contribution in [1.29, 1.82) is 0 Å². The van der Waals surface area contributed by atoms with Crippen molar-refractivity contribution in [3.63, 3.8) is 0 Å². The highest BCUT2D eigenvalue weighted by molar-refractivity contribution is 9.09. The number of rotatable bonds is 3. The molecule has 1 aromatic rings. The summed E-state index contributed by atoms with van der Waals surface area (Å²) >= 11 is 3.59. The highest BCUT2D eigenvalue weighted by Gasteiger charge is 2.28. The zero-order chi connectivity index (χ0) is 13.0. The molecule has 1 N–H and O–H groups in total. The van der Waals surface area contributed by atoms with Gasteiger partial charge in [0, 0.05) is 17.4 Å². The monoisotopic (exact) mass is 314 g/mol. The lowest BCUT2D eigenvalue weighted by Crippen LogP contribution is -2.41. The van der Waals surface area contributed by atoms with Crippen molar-refractivity contribution < 1.29 is 4.79 Å². The first-order chi connectivity index (χ1) is 8.68. The van der Waals surface area contributed by atoms with E-state index >= 15 is 0 Å². The van der Waals surface area contributed by atoms with Gasteiger partial charge in [-0.25, -0.2) is 0 Å². The largest absolute Gasteiger partial charge is 0.334 e. The highest BCUT2D eigenvalue weighted by atomic mass is 79.9. The van der Waals surface area contributed by atoms with Crippen molar-refractivity contribution in [2.75, 3.05) is 6.54 Å². The molecule has 0 radical (unpaired) electrons. The molecule has 0 aliphatic carbocycles. The van der Waals surface area contributed by atoms with Gasteiger partial charge in [-0.05, 0) is 19.3 Å². The van der Waals surface area contributed by atoms with Crippen molar-refractivity contribution in [1.82, 2.24) is 20.3 Å². The van der Waals surface area contributed by atoms with Crippen LogP contribution in [0.25, 0.3) is 0 Å². The van der Waals surface area contributed by atoms with E-state index in [1.807, 2.05) is 4.90 Å². The van der Waals surface area contributed by atoms with E-state index in [0.717, 1.165) is 25.8 Å². The maximum Gasteiger partial charge on any atom is 0.276 e. The minimum Gasteiger partial charge on any atom is -0.334 e. The summed E-state index contributed by atoms with van der Waals surface area (Å²) in [7, 11) is 0. The van der Waals surface area contributed by atoms with Crippen LogP contribution in [-0.4, -0.2) is 43.6 Å². The van der Waals surface area contributed by atoms with E-state index in [4.69, 9.17) is 0 Å². The van der Waals surface area contributed by atoms with Crippen LogP contribution in [0.3, 0.4) is 0 Å². The second-order valence-corrected chi connectivity index (χ2v) is 6.44. The Bertz CT molecular complexity index is 379. The van der Waals surface area contributed by atoms with Gasteiger partial charge in [-0.3, -0.25) is 4.79 Å². The Labute approximate surface area is 115 Å². The molecule has 5 nitrogen and oxygen atoms in total. The van der Waals surface area contributed by atoms with E-state index in [9.17, 15) is 4.79 Å². The van der Waals surface area contributed by atoms with Gasteiger partial charge >= 0.3 is 0 Å². The van der Waals surface area contributed by atoms with Crippen molar-refractivity contribution in [2.24, 2.45) is 0 Å². The molecule has 2 unspecified atom stereocenters. The van der Waals surface area contributed by atoms with Gasteiger partial charge in [-0.15, -0.1) is 0 Å². The van der Waals surface area contributed by atoms with E-state index in [0.29, 0.717) is 16.6 Å². The summed E-state index contributed by atoms with van der Waals surface area (Å²) in [6.07, 6.45) is 7.06. The van der Waals surface area contributed by atoms with E-state index < -0.39 is 0 Å². The van der Waals surface area contributed by atoms with Crippen molar-refractivity contribution >= 4 is 21.8 Å². The molecule has 1 aromatic heterocycles. The van der Waals surface area contributed by atoms with Gasteiger partial charge in [0.15, 0.2) is 5.69 Å². The third kappa shape index (κ3) is 3.31. The number of carbonyl (C=O) groups is 1. The van der Waals surface area contributed by atoms with Gasteiger partial charge in [0.1, 0.15) is 0 Å². The molecule has 0 bridgehead atoms. The van der Waals surface area contributed by atoms with Crippen LogP contribution in [0.5, 0.6) is 0 Å². The lowest BCUT2D eigenvalue weighted by Gasteiger charge is -2.30. The SMILES string of the molecule is CC(Br)CC1CCCCCN1C(=O)c1cn[nH]n1. The van der Waals surface area contributed by atoms with Gasteiger partial charge < -0.3 is 4.90 Å². The molecule has 0 spiro atoms. The molecule has 1 fully saturated rings. The van der Waals surface area contributed by atoms with E-state index in [-0.39, 0.29) is 5.91 Å². The Morgan fingerprint density at radius 2 is 2.44 bits per heavy atom. The predicted molar refractivity (Wildman–Crippen MR) is 72.7 cm³/mol. The van der Waals surface area contributed by atoms with Crippen LogP contribution in [0.4, 0.5) is 0 Å². The number of nitrogens with one attached hydrogen (secondary N) is 1. The number of carbonyl (C=O) groups excluding carboxylic acids is 1. The number of H-pyrrole nitrogens is 1. The fraction of sp³-hybridized carbons (Fsp3) is 0.750. The number of aromatic nitrogens is 3. The number of hydrogen-bond donors (Lipinski definition) is 1. The quantitative estimate of drug-likeness (QED) is 0.871. The third-order valence-electron chi connectivity index (χ3n) is 3.37. The molecular formula is C12H19BrN4O. The molecule has 2 atom stereocenters. The molecule has 2 rings (SSSR count). The number of nitrogens with zero attached hydrogens (tertiary/aromatic N) is 3. The fourth-order valence-electron chi connectivity index (χ4n) is 2.52. The van der Waals surface area contributed by atoms with E-state index in [2.05, 4.69) is 38.3 Å². The summed E-state index contributed by atoms with van der Waals surface area (Å²) in [5, 5.41) is 10.1. The maximum atomic E-state index is 12.4. The van der Waals surface area contributed by atoms with Crippen LogP contribution in [-0.2, 0) is 0 Å². The summed E-state index contributed by atoms with van der Waals surface area (Å²) in [5.74, 6) is 0.00352. The number of halogens is 1. The lowest BCUT2D eigenvalue weighted by molar-refractivity contribution is 0.0668. The Hall–Kier alpha value is -0.910. The Balaban J connectivity index is 2.12. The average Bonchev–Trinajstić information content (AvgIpc) is 2.76. The normalized spacial score (nSPS) is 22.6. The van der Waals surface area contributed by atoms with Crippen molar-refractivity contribution in [2.45, 2.75) is 49.9 Å². The third-order valence-corrected chi connectivity index (χ3v) is 3.74. The van der Waals surface area contributed by atoms with Crippen LogP contribution >= 0.6 is 15.9 Å². The summed E-state index contributed by atoms with van der Waals surface area (Å²) in [6, 6.07) is 0.311. The number of aromatic amines is 1. The van der Waals surface area contributed by atoms with Gasteiger partial charge in [0.2, 0.25) is 0 Å². The highest BCUT2D eigenvalue weighted by Crippen LogP contribution is 2.23. The first-order valence-electron chi connectivity index (χ1n) is 6.49. The van der Waals surface area contributed by atoms with Gasteiger partial charge in [0.05, 0.1) is 6.20 Å². The minimum absolute atomic E-state index is 0.00352. The molecule has 18 heavy (non-hydrogen) atoms. The molecule has 1 amide bonds. The van der Waals surface area contributed by atoms with Gasteiger partial charge in [-0.1, -0.05) is 35.7 Å². The molecular weight excluding hydrogens is 296 g/mol. The summed E-state index contributed by atoms with van der Waals surface area (Å²) < 4.78 is 0. The Morgan fingerprint density at radius 1 is 1.61 bits per heavy atom. The number of alkyl halides is 1. The number of likely N-dealkylation sites (tertiary alicyclic amines) is 1. The molecule has 0 saturated carbocycles. The standard InChI is InChI=1S/C12H19BrN4O/c1-9(13)7-10-5-3-2-4-6-17(10)12(18)11-8-14-16-15-11/h8-10H,2-7H2,1H3,(H,14,15,16). The predicted octanol–water partition coefficient (Wildman–Crippen LogP) is 2.36. The first-order valence-corrected chi connectivity index (χ1v) is 7.41. The summed E-state index contributed by atoms with van der Waals surface area (Å²) in [6.45, 7) is 2.96. The van der Waals surface area contributed by atoms with Crippen LogP contribution in [0, 0.1) is 0 Å². The van der Waals surface area contributed by atoms with Crippen LogP contribution in [0.1, 0.15) is 49.5 Å². The van der Waals surface area contributed by atoms with Crippen molar-refractivity contribution in [3.05, 3.63) is 11.9 Å². The summed E-state index contributed by atoms with van der Waals surface area (Å²) in [4.78, 5) is 14.8. The molecule has 2 heterocycles. The second-order valence-electron chi connectivity index (χ2n) is 4.87. The first kappa shape index (κ1) is 13.5. The second kappa shape index (κ2) is 6.31. The number of amides is 1. The number of hydrogen-bond acceptors (Lipinski definition) is 3. The molecule has 6 heteroatoms. The maximum absolute atomic E-state index is 12.4. The van der Waals surface area contributed by atoms with E-state index in [1.165, 1.54) is 19.0 Å². The van der Waals surface area contributed by atoms with Crippen molar-refractivity contribution in [3.8, 4) is 0 Å². The van der Waals surface area contributed by atoms with Gasteiger partial charge in [-0.2, -0.15) is 15.4 Å². The minimum atomic E-state index is 0.00352. The zero-order valence-electron chi connectivity index (χ0n) is 10.6. The molecule has 1 aliphatic rings. The summed E-state index contributed by atoms with van der Waals surface area (Å²) in [5.41, 5.74) is 0.420. The molecule has 1 saturated heterocycles. The molecule has 0 aromatic carbocycles. The topological polar surface area (TPSA) is 61.9 Å².